The van der Waals surface area contributed by atoms with Gasteiger partial charge in [0, 0.05) is 39.5 Å². The first kappa shape index (κ1) is 22.9. The van der Waals surface area contributed by atoms with Gasteiger partial charge in [0.1, 0.15) is 10.0 Å². The third kappa shape index (κ3) is 4.98. The minimum Gasteiger partial charge on any atom is -0.316 e. The first-order valence-corrected chi connectivity index (χ1v) is 13.9. The van der Waals surface area contributed by atoms with Crippen molar-refractivity contribution in [3.63, 3.8) is 0 Å². The van der Waals surface area contributed by atoms with Crippen LogP contribution in [0.4, 0.5) is 5.00 Å². The molecule has 2 aromatic carbocycles. The molecule has 5 rings (SSSR count). The number of para-hydroxylation sites is 1. The fourth-order valence-electron chi connectivity index (χ4n) is 4.00. The van der Waals surface area contributed by atoms with Gasteiger partial charge in [-0.3, -0.25) is 9.69 Å². The molecule has 0 spiro atoms. The maximum Gasteiger partial charge on any atom is 0.235 e. The number of carbonyl (C=O) groups is 1. The number of thioether (sulfide) groups is 1. The van der Waals surface area contributed by atoms with Gasteiger partial charge < -0.3 is 5.32 Å². The van der Waals surface area contributed by atoms with Crippen molar-refractivity contribution in [2.24, 2.45) is 0 Å². The second kappa shape index (κ2) is 9.76. The Labute approximate surface area is 211 Å². The van der Waals surface area contributed by atoms with Crippen molar-refractivity contribution < 1.29 is 4.79 Å². The Morgan fingerprint density at radius 3 is 2.73 bits per heavy atom. The number of hydrogen-bond donors (Lipinski definition) is 1. The highest BCUT2D eigenvalue weighted by Gasteiger charge is 2.28. The van der Waals surface area contributed by atoms with E-state index in [-0.39, 0.29) is 5.91 Å². The summed E-state index contributed by atoms with van der Waals surface area (Å²) in [4.78, 5) is 22.7. The van der Waals surface area contributed by atoms with Crippen LogP contribution in [0.25, 0.3) is 20.8 Å². The Morgan fingerprint density at radius 2 is 1.97 bits per heavy atom. The summed E-state index contributed by atoms with van der Waals surface area (Å²) in [6.07, 6.45) is 0.977. The minimum absolute atomic E-state index is 0.00313. The summed E-state index contributed by atoms with van der Waals surface area (Å²) in [7, 11) is 0. The number of amides is 1. The summed E-state index contributed by atoms with van der Waals surface area (Å²) in [5.74, 6) is 0.346. The predicted molar refractivity (Wildman–Crippen MR) is 143 cm³/mol. The standard InChI is InChI=1S/C25H24ClN3OS3/c1-15(2)29-12-11-18-21(13-29)33-25(23(18)24-27-19-5-3-4-6-20(19)32-24)28-22(30)14-31-17-9-7-16(26)8-10-17/h3-10,15H,11-14H2,1-2H3,(H,28,30). The van der Waals surface area contributed by atoms with E-state index >= 15 is 0 Å². The average molecular weight is 514 g/mol. The Kier molecular flexibility index (Phi) is 6.77. The first-order chi connectivity index (χ1) is 16.0. The topological polar surface area (TPSA) is 45.2 Å². The van der Waals surface area contributed by atoms with Crippen molar-refractivity contribution in [1.29, 1.82) is 0 Å². The third-order valence-electron chi connectivity index (χ3n) is 5.76. The molecule has 0 fully saturated rings. The zero-order valence-corrected chi connectivity index (χ0v) is 21.6. The smallest absolute Gasteiger partial charge is 0.235 e. The van der Waals surface area contributed by atoms with Gasteiger partial charge in [0.2, 0.25) is 5.91 Å². The molecule has 170 valence electrons. The first-order valence-electron chi connectivity index (χ1n) is 10.9. The van der Waals surface area contributed by atoms with Crippen LogP contribution < -0.4 is 5.32 Å². The second-order valence-corrected chi connectivity index (χ2v) is 11.9. The van der Waals surface area contributed by atoms with Crippen LogP contribution in [0, 0.1) is 0 Å². The highest BCUT2D eigenvalue weighted by molar-refractivity contribution is 8.00. The van der Waals surface area contributed by atoms with Gasteiger partial charge in [-0.1, -0.05) is 23.7 Å². The number of aromatic nitrogens is 1. The van der Waals surface area contributed by atoms with Gasteiger partial charge in [-0.25, -0.2) is 4.98 Å². The van der Waals surface area contributed by atoms with Gasteiger partial charge in [0.15, 0.2) is 0 Å². The molecular formula is C25H24ClN3OS3. The number of halogens is 1. The molecule has 1 amide bonds. The zero-order valence-electron chi connectivity index (χ0n) is 18.4. The molecule has 2 aromatic heterocycles. The molecule has 0 bridgehead atoms. The van der Waals surface area contributed by atoms with Crippen LogP contribution in [0.15, 0.2) is 53.4 Å². The number of nitrogens with zero attached hydrogens (tertiary/aromatic N) is 2. The molecule has 4 aromatic rings. The number of carbonyl (C=O) groups excluding carboxylic acids is 1. The summed E-state index contributed by atoms with van der Waals surface area (Å²) in [6, 6.07) is 16.3. The van der Waals surface area contributed by atoms with Crippen LogP contribution in [-0.2, 0) is 17.8 Å². The molecule has 0 saturated heterocycles. The molecule has 0 unspecified atom stereocenters. The monoisotopic (exact) mass is 513 g/mol. The van der Waals surface area contributed by atoms with E-state index in [2.05, 4.69) is 36.2 Å². The van der Waals surface area contributed by atoms with E-state index in [1.165, 1.54) is 26.9 Å². The lowest BCUT2D eigenvalue weighted by molar-refractivity contribution is -0.113. The van der Waals surface area contributed by atoms with E-state index in [4.69, 9.17) is 16.6 Å². The quantitative estimate of drug-likeness (QED) is 0.277. The summed E-state index contributed by atoms with van der Waals surface area (Å²) in [5.41, 5.74) is 3.47. The Balaban J connectivity index is 1.44. The zero-order chi connectivity index (χ0) is 22.9. The number of benzene rings is 2. The molecule has 0 aliphatic carbocycles. The normalized spacial score (nSPS) is 14.1. The number of anilines is 1. The lowest BCUT2D eigenvalue weighted by atomic mass is 10.0. The van der Waals surface area contributed by atoms with Gasteiger partial charge in [0.05, 0.1) is 16.0 Å². The van der Waals surface area contributed by atoms with Crippen molar-refractivity contribution in [2.45, 2.75) is 37.8 Å². The van der Waals surface area contributed by atoms with E-state index in [1.807, 2.05) is 36.4 Å². The number of hydrogen-bond acceptors (Lipinski definition) is 6. The summed E-state index contributed by atoms with van der Waals surface area (Å²) in [6.45, 7) is 6.43. The molecular weight excluding hydrogens is 490 g/mol. The second-order valence-electron chi connectivity index (χ2n) is 8.30. The molecule has 4 nitrogen and oxygen atoms in total. The van der Waals surface area contributed by atoms with E-state index in [0.29, 0.717) is 16.8 Å². The van der Waals surface area contributed by atoms with Crippen molar-refractivity contribution >= 4 is 67.2 Å². The van der Waals surface area contributed by atoms with Gasteiger partial charge in [-0.05, 0) is 62.2 Å². The van der Waals surface area contributed by atoms with E-state index in [9.17, 15) is 4.79 Å². The Bertz CT molecular complexity index is 1260. The van der Waals surface area contributed by atoms with E-state index in [1.54, 1.807) is 22.7 Å². The summed E-state index contributed by atoms with van der Waals surface area (Å²) < 4.78 is 1.17. The summed E-state index contributed by atoms with van der Waals surface area (Å²) >= 11 is 10.9. The summed E-state index contributed by atoms with van der Waals surface area (Å²) in [5, 5.41) is 5.83. The van der Waals surface area contributed by atoms with Crippen molar-refractivity contribution in [2.75, 3.05) is 17.6 Å². The SMILES string of the molecule is CC(C)N1CCc2c(sc(NC(=O)CSc3ccc(Cl)cc3)c2-c2nc3ccccc3s2)C1. The Hall–Kier alpha value is -1.90. The van der Waals surface area contributed by atoms with Crippen molar-refractivity contribution in [3.05, 3.63) is 64.0 Å². The van der Waals surface area contributed by atoms with Gasteiger partial charge >= 0.3 is 0 Å². The van der Waals surface area contributed by atoms with Crippen LogP contribution in [-0.4, -0.2) is 34.1 Å². The average Bonchev–Trinajstić information content (AvgIpc) is 3.38. The molecule has 33 heavy (non-hydrogen) atoms. The molecule has 0 radical (unpaired) electrons. The largest absolute Gasteiger partial charge is 0.316 e. The van der Waals surface area contributed by atoms with Gasteiger partial charge in [-0.2, -0.15) is 0 Å². The predicted octanol–water partition coefficient (Wildman–Crippen LogP) is 7.18. The molecule has 0 saturated carbocycles. The fourth-order valence-corrected chi connectivity index (χ4v) is 7.22. The van der Waals surface area contributed by atoms with Crippen LogP contribution in [0.2, 0.25) is 5.02 Å². The van der Waals surface area contributed by atoms with Crippen LogP contribution >= 0.6 is 46.0 Å². The maximum absolute atomic E-state index is 12.9. The lowest BCUT2D eigenvalue weighted by Crippen LogP contribution is -2.35. The van der Waals surface area contributed by atoms with Crippen LogP contribution in [0.3, 0.4) is 0 Å². The maximum atomic E-state index is 12.9. The fraction of sp³-hybridized carbons (Fsp3) is 0.280. The lowest BCUT2D eigenvalue weighted by Gasteiger charge is -2.30. The number of thiophene rings is 1. The number of fused-ring (bicyclic) bond motifs is 2. The molecule has 1 aliphatic rings. The van der Waals surface area contributed by atoms with E-state index < -0.39 is 0 Å². The molecule has 1 aliphatic heterocycles. The molecule has 8 heteroatoms. The number of thiazole rings is 1. The van der Waals surface area contributed by atoms with Gasteiger partial charge in [-0.15, -0.1) is 34.4 Å². The van der Waals surface area contributed by atoms with Crippen LogP contribution in [0.5, 0.6) is 0 Å². The third-order valence-corrected chi connectivity index (χ3v) is 9.21. The molecule has 3 heterocycles. The number of rotatable bonds is 6. The van der Waals surface area contributed by atoms with Crippen LogP contribution in [0.1, 0.15) is 24.3 Å². The highest BCUT2D eigenvalue weighted by atomic mass is 35.5. The molecule has 1 N–H and O–H groups in total. The van der Waals surface area contributed by atoms with E-state index in [0.717, 1.165) is 45.5 Å². The van der Waals surface area contributed by atoms with Crippen molar-refractivity contribution in [1.82, 2.24) is 9.88 Å². The number of nitrogens with one attached hydrogen (secondary N) is 1. The van der Waals surface area contributed by atoms with Crippen molar-refractivity contribution in [3.8, 4) is 10.6 Å². The Morgan fingerprint density at radius 1 is 1.18 bits per heavy atom. The molecule has 0 atom stereocenters. The highest BCUT2D eigenvalue weighted by Crippen LogP contribution is 2.46. The van der Waals surface area contributed by atoms with Gasteiger partial charge in [0.25, 0.3) is 0 Å². The minimum atomic E-state index is -0.00313.